The second-order valence-corrected chi connectivity index (χ2v) is 4.87. The maximum atomic E-state index is 12.1. The Balaban J connectivity index is 2.76. The minimum atomic E-state index is -0.175. The van der Waals surface area contributed by atoms with Crippen molar-refractivity contribution in [2.24, 2.45) is 4.99 Å². The highest BCUT2D eigenvalue weighted by molar-refractivity contribution is 6.06. The van der Waals surface area contributed by atoms with E-state index >= 15 is 0 Å². The Morgan fingerprint density at radius 1 is 1.50 bits per heavy atom. The van der Waals surface area contributed by atoms with Gasteiger partial charge in [0.15, 0.2) is 5.78 Å². The van der Waals surface area contributed by atoms with Crippen molar-refractivity contribution in [1.29, 1.82) is 0 Å². The topological polar surface area (TPSA) is 61.8 Å². The number of aliphatic imine (C=N–C) groups is 1. The van der Waals surface area contributed by atoms with E-state index in [1.807, 2.05) is 25.9 Å². The van der Waals surface area contributed by atoms with E-state index in [1.165, 1.54) is 6.92 Å². The second kappa shape index (κ2) is 6.44. The summed E-state index contributed by atoms with van der Waals surface area (Å²) in [6.45, 7) is 4.14. The van der Waals surface area contributed by atoms with E-state index in [1.54, 1.807) is 6.21 Å². The van der Waals surface area contributed by atoms with E-state index in [2.05, 4.69) is 10.3 Å². The van der Waals surface area contributed by atoms with Crippen LogP contribution in [0.3, 0.4) is 0 Å². The molecule has 1 unspecified atom stereocenters. The van der Waals surface area contributed by atoms with Crippen molar-refractivity contribution in [1.82, 2.24) is 10.2 Å². The fourth-order valence-corrected chi connectivity index (χ4v) is 1.99. The van der Waals surface area contributed by atoms with Crippen molar-refractivity contribution in [3.05, 3.63) is 11.3 Å². The number of likely N-dealkylation sites (N-methyl/N-ethyl adjacent to an activating group) is 1. The number of rotatable bonds is 5. The zero-order valence-electron chi connectivity index (χ0n) is 11.5. The van der Waals surface area contributed by atoms with Crippen LogP contribution in [0.25, 0.3) is 0 Å². The number of hydrogen-bond acceptors (Lipinski definition) is 4. The summed E-state index contributed by atoms with van der Waals surface area (Å²) in [4.78, 5) is 29.5. The van der Waals surface area contributed by atoms with Crippen molar-refractivity contribution in [2.45, 2.75) is 32.7 Å². The lowest BCUT2D eigenvalue weighted by molar-refractivity contribution is -0.119. The summed E-state index contributed by atoms with van der Waals surface area (Å²) in [5.74, 6) is -0.331. The first-order valence-electron chi connectivity index (χ1n) is 6.14. The molecule has 1 rings (SSSR count). The summed E-state index contributed by atoms with van der Waals surface area (Å²) < 4.78 is 0. The first kappa shape index (κ1) is 14.6. The third-order valence-corrected chi connectivity index (χ3v) is 2.65. The number of ketones is 1. The molecule has 0 aromatic carbocycles. The fraction of sp³-hybridized carbons (Fsp3) is 0.615. The highest BCUT2D eigenvalue weighted by Crippen LogP contribution is 2.17. The molecule has 0 fully saturated rings. The van der Waals surface area contributed by atoms with Crippen LogP contribution >= 0.6 is 0 Å². The fourth-order valence-electron chi connectivity index (χ4n) is 1.99. The minimum Gasteiger partial charge on any atom is -0.349 e. The van der Waals surface area contributed by atoms with Crippen LogP contribution in [0.2, 0.25) is 0 Å². The molecule has 0 spiro atoms. The Labute approximate surface area is 108 Å². The molecule has 5 nitrogen and oxygen atoms in total. The van der Waals surface area contributed by atoms with E-state index in [0.29, 0.717) is 24.1 Å². The molecule has 100 valence electrons. The van der Waals surface area contributed by atoms with Gasteiger partial charge >= 0.3 is 0 Å². The van der Waals surface area contributed by atoms with Crippen LogP contribution in [0, 0.1) is 0 Å². The van der Waals surface area contributed by atoms with Gasteiger partial charge in [0.05, 0.1) is 0 Å². The maximum absolute atomic E-state index is 12.1. The molecule has 1 aliphatic rings. The molecule has 1 aliphatic heterocycles. The monoisotopic (exact) mass is 251 g/mol. The molecule has 0 radical (unpaired) electrons. The molecular weight excluding hydrogens is 230 g/mol. The van der Waals surface area contributed by atoms with Gasteiger partial charge in [0.25, 0.3) is 0 Å². The maximum Gasteiger partial charge on any atom is 0.249 e. The van der Waals surface area contributed by atoms with Crippen LogP contribution in [-0.4, -0.2) is 49.5 Å². The number of carbonyl (C=O) groups is 2. The molecule has 1 atom stereocenters. The molecule has 1 heterocycles. The van der Waals surface area contributed by atoms with Gasteiger partial charge in [-0.25, -0.2) is 0 Å². The molecule has 5 heteroatoms. The molecule has 0 aromatic heterocycles. The summed E-state index contributed by atoms with van der Waals surface area (Å²) in [5.41, 5.74) is 0.811. The smallest absolute Gasteiger partial charge is 0.249 e. The molecule has 1 amide bonds. The third kappa shape index (κ3) is 4.07. The van der Waals surface area contributed by atoms with Gasteiger partial charge in [-0.3, -0.25) is 14.6 Å². The van der Waals surface area contributed by atoms with E-state index in [-0.39, 0.29) is 17.7 Å². The van der Waals surface area contributed by atoms with Crippen LogP contribution in [0.1, 0.15) is 26.7 Å². The lowest BCUT2D eigenvalue weighted by Crippen LogP contribution is -2.40. The van der Waals surface area contributed by atoms with Crippen LogP contribution in [-0.2, 0) is 9.59 Å². The van der Waals surface area contributed by atoms with Gasteiger partial charge in [-0.05, 0) is 33.9 Å². The quantitative estimate of drug-likeness (QED) is 0.784. The minimum absolute atomic E-state index is 0.0408. The van der Waals surface area contributed by atoms with Crippen molar-refractivity contribution in [3.63, 3.8) is 0 Å². The molecular formula is C13H21N3O2. The summed E-state index contributed by atoms with van der Waals surface area (Å²) >= 11 is 0. The second-order valence-electron chi connectivity index (χ2n) is 4.87. The Morgan fingerprint density at radius 2 is 2.17 bits per heavy atom. The van der Waals surface area contributed by atoms with Gasteiger partial charge in [-0.15, -0.1) is 0 Å². The van der Waals surface area contributed by atoms with Gasteiger partial charge in [0.2, 0.25) is 5.91 Å². The van der Waals surface area contributed by atoms with E-state index in [0.717, 1.165) is 6.54 Å². The summed E-state index contributed by atoms with van der Waals surface area (Å²) in [5, 5.41) is 2.90. The van der Waals surface area contributed by atoms with Crippen LogP contribution < -0.4 is 5.32 Å². The van der Waals surface area contributed by atoms with Crippen LogP contribution in [0.5, 0.6) is 0 Å². The summed E-state index contributed by atoms with van der Waals surface area (Å²) in [6.07, 6.45) is 2.98. The van der Waals surface area contributed by atoms with Gasteiger partial charge in [0, 0.05) is 31.3 Å². The van der Waals surface area contributed by atoms with Gasteiger partial charge in [-0.1, -0.05) is 0 Å². The normalized spacial score (nSPS) is 16.9. The highest BCUT2D eigenvalue weighted by atomic mass is 16.2. The average molecular weight is 251 g/mol. The highest BCUT2D eigenvalue weighted by Gasteiger charge is 2.21. The molecule has 0 aliphatic carbocycles. The lowest BCUT2D eigenvalue weighted by atomic mass is 10.0. The van der Waals surface area contributed by atoms with E-state index < -0.39 is 0 Å². The molecule has 0 saturated carbocycles. The van der Waals surface area contributed by atoms with Crippen LogP contribution in [0.4, 0.5) is 0 Å². The van der Waals surface area contributed by atoms with Crippen LogP contribution in [0.15, 0.2) is 16.3 Å². The van der Waals surface area contributed by atoms with Crippen molar-refractivity contribution in [2.75, 3.05) is 20.6 Å². The predicted octanol–water partition coefficient (Wildman–Crippen LogP) is 0.760. The molecule has 1 N–H and O–H groups in total. The number of nitrogens with zero attached hydrogens (tertiary/aromatic N) is 2. The Morgan fingerprint density at radius 3 is 2.72 bits per heavy atom. The molecule has 18 heavy (non-hydrogen) atoms. The van der Waals surface area contributed by atoms with Gasteiger partial charge in [-0.2, -0.15) is 0 Å². The first-order chi connectivity index (χ1) is 8.41. The van der Waals surface area contributed by atoms with E-state index in [4.69, 9.17) is 0 Å². The number of nitrogens with one attached hydrogen (secondary N) is 1. The average Bonchev–Trinajstić information content (AvgIpc) is 2.27. The number of allylic oxidation sites excluding steroid dienone is 1. The van der Waals surface area contributed by atoms with Crippen molar-refractivity contribution >= 4 is 17.9 Å². The van der Waals surface area contributed by atoms with Crippen molar-refractivity contribution < 1.29 is 9.59 Å². The predicted molar refractivity (Wildman–Crippen MR) is 71.6 cm³/mol. The Hall–Kier alpha value is -1.49. The van der Waals surface area contributed by atoms with Crippen molar-refractivity contribution in [3.8, 4) is 0 Å². The number of hydrogen-bond donors (Lipinski definition) is 1. The molecule has 0 bridgehead atoms. The Kier molecular flexibility index (Phi) is 5.22. The number of amides is 1. The summed E-state index contributed by atoms with van der Waals surface area (Å²) in [7, 11) is 3.90. The zero-order chi connectivity index (χ0) is 13.7. The van der Waals surface area contributed by atoms with Gasteiger partial charge < -0.3 is 10.2 Å². The molecule has 0 saturated heterocycles. The third-order valence-electron chi connectivity index (χ3n) is 2.65. The lowest BCUT2D eigenvalue weighted by Gasteiger charge is -2.20. The number of carbonyl (C=O) groups excluding carboxylic acids is 2. The SMILES string of the molecule is CC(=O)C1=C(C(=O)NC(C)CN(C)C)CCC=N1. The standard InChI is InChI=1S/C13H21N3O2/c1-9(8-16(3)4)15-13(18)11-6-5-7-14-12(11)10(2)17/h7,9H,5-6,8H2,1-4H3,(H,15,18). The molecule has 0 aromatic rings. The largest absolute Gasteiger partial charge is 0.349 e. The Bertz CT molecular complexity index is 397. The summed E-state index contributed by atoms with van der Waals surface area (Å²) in [6, 6.07) is 0.0408. The van der Waals surface area contributed by atoms with Gasteiger partial charge in [0.1, 0.15) is 5.70 Å². The zero-order valence-corrected chi connectivity index (χ0v) is 11.5. The van der Waals surface area contributed by atoms with E-state index in [9.17, 15) is 9.59 Å². The number of Topliss-reactive ketones (excluding diaryl/α,β-unsaturated/α-hetero) is 1. The first-order valence-corrected chi connectivity index (χ1v) is 6.14.